The number of hydrogen-bond donors (Lipinski definition) is 0. The Labute approximate surface area is 144 Å². The Morgan fingerprint density at radius 3 is 2.30 bits per heavy atom. The van der Waals surface area contributed by atoms with Crippen LogP contribution in [0.3, 0.4) is 0 Å². The zero-order valence-corrected chi connectivity index (χ0v) is 15.4. The van der Waals surface area contributed by atoms with Crippen molar-refractivity contribution in [1.82, 2.24) is 0 Å². The summed E-state index contributed by atoms with van der Waals surface area (Å²) in [5.41, 5.74) is 2.80. The molecule has 2 aromatic rings. The van der Waals surface area contributed by atoms with E-state index >= 15 is 0 Å². The van der Waals surface area contributed by atoms with Crippen LogP contribution in [0.5, 0.6) is 0 Å². The molecule has 23 heavy (non-hydrogen) atoms. The van der Waals surface area contributed by atoms with Crippen molar-refractivity contribution in [2.24, 2.45) is 0 Å². The summed E-state index contributed by atoms with van der Waals surface area (Å²) >= 11 is 0. The molecular formula is C22H31B. The molecule has 0 bridgehead atoms. The largest absolute Gasteiger partial charge is 0.0810 e. The van der Waals surface area contributed by atoms with E-state index in [0.29, 0.717) is 5.92 Å². The lowest BCUT2D eigenvalue weighted by Crippen LogP contribution is -2.25. The standard InChI is InChI=1S/C22H31B/c1-5-8-11-17(4)18-12-9-14-20-19(18)13-10-15-21(20)22(23,7-3)16-6-2/h9-10,12-15,17H,5-8,11,16H2,1-4H3/t17-,22?/m0/s1. The molecule has 0 saturated heterocycles. The first-order valence-electron chi connectivity index (χ1n) is 9.38. The fraction of sp³-hybridized carbons (Fsp3) is 0.545. The zero-order chi connectivity index (χ0) is 16.9. The molecule has 2 rings (SSSR count). The van der Waals surface area contributed by atoms with Crippen molar-refractivity contribution >= 4 is 18.6 Å². The van der Waals surface area contributed by atoms with Crippen LogP contribution in [-0.4, -0.2) is 7.85 Å². The molecule has 0 heterocycles. The molecule has 0 aromatic heterocycles. The lowest BCUT2D eigenvalue weighted by molar-refractivity contribution is 0.531. The second-order valence-electron chi connectivity index (χ2n) is 7.05. The van der Waals surface area contributed by atoms with Gasteiger partial charge >= 0.3 is 0 Å². The van der Waals surface area contributed by atoms with Gasteiger partial charge in [0.25, 0.3) is 0 Å². The first-order valence-corrected chi connectivity index (χ1v) is 9.38. The maximum absolute atomic E-state index is 6.80. The van der Waals surface area contributed by atoms with Crippen molar-refractivity contribution in [3.8, 4) is 0 Å². The Hall–Kier alpha value is -1.24. The fourth-order valence-electron chi connectivity index (χ4n) is 3.81. The van der Waals surface area contributed by atoms with E-state index in [1.54, 1.807) is 0 Å². The van der Waals surface area contributed by atoms with Gasteiger partial charge in [0.2, 0.25) is 0 Å². The molecule has 0 N–H and O–H groups in total. The van der Waals surface area contributed by atoms with Crippen LogP contribution in [0.2, 0.25) is 0 Å². The smallest absolute Gasteiger partial charge is 0.0654 e. The third-order valence-electron chi connectivity index (χ3n) is 5.34. The number of fused-ring (bicyclic) bond motifs is 1. The first-order chi connectivity index (χ1) is 11.1. The molecule has 1 heteroatoms. The van der Waals surface area contributed by atoms with E-state index in [-0.39, 0.29) is 5.31 Å². The third kappa shape index (κ3) is 3.82. The van der Waals surface area contributed by atoms with Crippen LogP contribution in [0, 0.1) is 0 Å². The molecule has 0 spiro atoms. The summed E-state index contributed by atoms with van der Waals surface area (Å²) in [6, 6.07) is 13.5. The van der Waals surface area contributed by atoms with E-state index in [0.717, 1.165) is 19.3 Å². The highest BCUT2D eigenvalue weighted by atomic mass is 14.3. The average Bonchev–Trinajstić information content (AvgIpc) is 2.58. The minimum Gasteiger partial charge on any atom is -0.0654 e. The summed E-state index contributed by atoms with van der Waals surface area (Å²) in [7, 11) is 6.80. The van der Waals surface area contributed by atoms with E-state index in [1.165, 1.54) is 41.2 Å². The van der Waals surface area contributed by atoms with E-state index in [4.69, 9.17) is 7.85 Å². The van der Waals surface area contributed by atoms with Crippen LogP contribution in [0.25, 0.3) is 10.8 Å². The molecule has 122 valence electrons. The number of benzene rings is 2. The fourth-order valence-corrected chi connectivity index (χ4v) is 3.81. The molecular weight excluding hydrogens is 275 g/mol. The van der Waals surface area contributed by atoms with Gasteiger partial charge in [0, 0.05) is 0 Å². The Kier molecular flexibility index (Phi) is 6.33. The first kappa shape index (κ1) is 18.1. The van der Waals surface area contributed by atoms with Gasteiger partial charge in [0.15, 0.2) is 0 Å². The maximum Gasteiger partial charge on any atom is 0.0810 e. The minimum absolute atomic E-state index is 0.209. The van der Waals surface area contributed by atoms with Gasteiger partial charge in [-0.1, -0.05) is 96.2 Å². The van der Waals surface area contributed by atoms with Crippen LogP contribution in [0.15, 0.2) is 36.4 Å². The lowest BCUT2D eigenvalue weighted by atomic mass is 9.59. The normalized spacial score (nSPS) is 15.5. The van der Waals surface area contributed by atoms with E-state index in [2.05, 4.69) is 64.1 Å². The quantitative estimate of drug-likeness (QED) is 0.475. The predicted molar refractivity (Wildman–Crippen MR) is 105 cm³/mol. The van der Waals surface area contributed by atoms with Gasteiger partial charge in [-0.05, 0) is 39.6 Å². The molecule has 0 aliphatic heterocycles. The molecule has 1 unspecified atom stereocenters. The van der Waals surface area contributed by atoms with Gasteiger partial charge in [-0.2, -0.15) is 0 Å². The Balaban J connectivity index is 2.54. The predicted octanol–water partition coefficient (Wildman–Crippen LogP) is 6.71. The van der Waals surface area contributed by atoms with Gasteiger partial charge in [0.05, 0.1) is 7.85 Å². The molecule has 0 amide bonds. The average molecular weight is 306 g/mol. The van der Waals surface area contributed by atoms with Crippen molar-refractivity contribution in [2.75, 3.05) is 0 Å². The number of unbranched alkanes of at least 4 members (excludes halogenated alkanes) is 1. The summed E-state index contributed by atoms with van der Waals surface area (Å²) in [4.78, 5) is 0. The van der Waals surface area contributed by atoms with E-state index in [9.17, 15) is 0 Å². The highest BCUT2D eigenvalue weighted by Crippen LogP contribution is 2.37. The van der Waals surface area contributed by atoms with Crippen LogP contribution >= 0.6 is 0 Å². The molecule has 0 saturated carbocycles. The van der Waals surface area contributed by atoms with Gasteiger partial charge in [-0.15, -0.1) is 0 Å². The topological polar surface area (TPSA) is 0 Å². The number of hydrogen-bond acceptors (Lipinski definition) is 0. The molecule has 2 atom stereocenters. The number of rotatable bonds is 8. The van der Waals surface area contributed by atoms with Crippen LogP contribution in [0.1, 0.15) is 83.3 Å². The highest BCUT2D eigenvalue weighted by Gasteiger charge is 2.25. The van der Waals surface area contributed by atoms with Crippen molar-refractivity contribution in [1.29, 1.82) is 0 Å². The second-order valence-corrected chi connectivity index (χ2v) is 7.05. The monoisotopic (exact) mass is 306 g/mol. The molecule has 0 aliphatic rings. The minimum atomic E-state index is -0.209. The molecule has 2 aromatic carbocycles. The van der Waals surface area contributed by atoms with Gasteiger partial charge in [-0.25, -0.2) is 0 Å². The third-order valence-corrected chi connectivity index (χ3v) is 5.34. The molecule has 0 aliphatic carbocycles. The van der Waals surface area contributed by atoms with E-state index < -0.39 is 0 Å². The van der Waals surface area contributed by atoms with E-state index in [1.807, 2.05) is 0 Å². The Morgan fingerprint density at radius 2 is 1.65 bits per heavy atom. The van der Waals surface area contributed by atoms with Crippen LogP contribution in [0.4, 0.5) is 0 Å². The van der Waals surface area contributed by atoms with Gasteiger partial charge < -0.3 is 0 Å². The Morgan fingerprint density at radius 1 is 0.957 bits per heavy atom. The second kappa shape index (κ2) is 8.04. The van der Waals surface area contributed by atoms with Crippen LogP contribution < -0.4 is 0 Å². The van der Waals surface area contributed by atoms with Gasteiger partial charge in [0.1, 0.15) is 0 Å². The van der Waals surface area contributed by atoms with Gasteiger partial charge in [-0.3, -0.25) is 0 Å². The molecule has 0 nitrogen and oxygen atoms in total. The summed E-state index contributed by atoms with van der Waals surface area (Å²) in [6.07, 6.45) is 6.96. The Bertz CT molecular complexity index is 631. The van der Waals surface area contributed by atoms with Crippen molar-refractivity contribution in [3.05, 3.63) is 47.5 Å². The summed E-state index contributed by atoms with van der Waals surface area (Å²) in [6.45, 7) is 9.06. The van der Waals surface area contributed by atoms with Crippen LogP contribution in [-0.2, 0) is 5.31 Å². The maximum atomic E-state index is 6.80. The summed E-state index contributed by atoms with van der Waals surface area (Å²) in [5.74, 6) is 0.605. The molecule has 0 fully saturated rings. The summed E-state index contributed by atoms with van der Waals surface area (Å²) in [5, 5.41) is 2.54. The summed E-state index contributed by atoms with van der Waals surface area (Å²) < 4.78 is 0. The van der Waals surface area contributed by atoms with Crippen molar-refractivity contribution in [3.63, 3.8) is 0 Å². The van der Waals surface area contributed by atoms with Crippen molar-refractivity contribution < 1.29 is 0 Å². The van der Waals surface area contributed by atoms with Crippen molar-refractivity contribution in [2.45, 2.75) is 77.5 Å². The zero-order valence-electron chi connectivity index (χ0n) is 15.4. The SMILES string of the molecule is [B]C(CC)(CCC)c1cccc2c([C@@H](C)CCCC)cccc12. The lowest BCUT2D eigenvalue weighted by Gasteiger charge is -2.31. The highest BCUT2D eigenvalue weighted by molar-refractivity contribution is 6.17. The molecule has 2 radical (unpaired) electrons.